The molecule has 2 aromatic carbocycles. The van der Waals surface area contributed by atoms with Crippen molar-refractivity contribution in [2.45, 2.75) is 51.1 Å². The van der Waals surface area contributed by atoms with Crippen LogP contribution in [0.25, 0.3) is 0 Å². The monoisotopic (exact) mass is 434 g/mol. The minimum atomic E-state index is -3.66. The molecular formula is C22H31FN4O2S. The van der Waals surface area contributed by atoms with Crippen molar-refractivity contribution < 1.29 is 12.8 Å². The highest BCUT2D eigenvalue weighted by molar-refractivity contribution is 7.89. The molecule has 0 aliphatic rings. The van der Waals surface area contributed by atoms with Crippen LogP contribution < -0.4 is 15.4 Å². The number of nitrogens with one attached hydrogen (secondary N) is 3. The number of sulfonamides is 1. The molecule has 0 unspecified atom stereocenters. The molecule has 0 bridgehead atoms. The van der Waals surface area contributed by atoms with Crippen molar-refractivity contribution in [3.8, 4) is 0 Å². The molecule has 0 saturated carbocycles. The first-order chi connectivity index (χ1) is 14.1. The first-order valence-corrected chi connectivity index (χ1v) is 11.5. The first kappa shape index (κ1) is 23.8. The lowest BCUT2D eigenvalue weighted by Gasteiger charge is -2.21. The van der Waals surface area contributed by atoms with Gasteiger partial charge in [-0.3, -0.25) is 0 Å². The number of benzene rings is 2. The predicted molar refractivity (Wildman–Crippen MR) is 119 cm³/mol. The second-order valence-corrected chi connectivity index (χ2v) is 9.61. The molecular weight excluding hydrogens is 403 g/mol. The summed E-state index contributed by atoms with van der Waals surface area (Å²) in [5, 5.41) is 6.39. The first-order valence-electron chi connectivity index (χ1n) is 9.99. The molecule has 2 rings (SSSR count). The third kappa shape index (κ3) is 7.76. The van der Waals surface area contributed by atoms with Crippen LogP contribution in [0.5, 0.6) is 0 Å². The van der Waals surface area contributed by atoms with Crippen molar-refractivity contribution in [1.29, 1.82) is 0 Å². The summed E-state index contributed by atoms with van der Waals surface area (Å²) in [6.45, 7) is 8.88. The second kappa shape index (κ2) is 10.5. The molecule has 0 heterocycles. The molecule has 0 radical (unpaired) electrons. The van der Waals surface area contributed by atoms with Crippen LogP contribution in [-0.4, -0.2) is 33.0 Å². The number of nitrogens with zero attached hydrogens (tertiary/aromatic N) is 1. The van der Waals surface area contributed by atoms with Crippen LogP contribution in [0.15, 0.2) is 58.4 Å². The summed E-state index contributed by atoms with van der Waals surface area (Å²) in [7, 11) is -3.66. The third-order valence-corrected chi connectivity index (χ3v) is 5.93. The van der Waals surface area contributed by atoms with Crippen molar-refractivity contribution in [3.63, 3.8) is 0 Å². The Bertz CT molecular complexity index is 952. The van der Waals surface area contributed by atoms with E-state index in [1.54, 1.807) is 57.2 Å². The van der Waals surface area contributed by atoms with Gasteiger partial charge in [-0.05, 0) is 63.4 Å². The van der Waals surface area contributed by atoms with Gasteiger partial charge in [0.2, 0.25) is 10.0 Å². The van der Waals surface area contributed by atoms with Gasteiger partial charge in [-0.15, -0.1) is 0 Å². The molecule has 164 valence electrons. The number of hydrogen-bond donors (Lipinski definition) is 3. The van der Waals surface area contributed by atoms with Gasteiger partial charge in [0.05, 0.1) is 11.4 Å². The van der Waals surface area contributed by atoms with Gasteiger partial charge in [-0.2, -0.15) is 0 Å². The van der Waals surface area contributed by atoms with Crippen molar-refractivity contribution in [1.82, 2.24) is 15.4 Å². The van der Waals surface area contributed by atoms with Crippen LogP contribution in [0.1, 0.15) is 38.8 Å². The van der Waals surface area contributed by atoms with Gasteiger partial charge in [0.1, 0.15) is 5.82 Å². The highest BCUT2D eigenvalue weighted by Crippen LogP contribution is 2.18. The van der Waals surface area contributed by atoms with E-state index in [9.17, 15) is 12.8 Å². The van der Waals surface area contributed by atoms with Gasteiger partial charge in [0.25, 0.3) is 0 Å². The third-order valence-electron chi connectivity index (χ3n) is 4.07. The quantitative estimate of drug-likeness (QED) is 0.440. The van der Waals surface area contributed by atoms with E-state index in [2.05, 4.69) is 20.3 Å². The van der Waals surface area contributed by atoms with Gasteiger partial charge in [-0.25, -0.2) is 22.5 Å². The van der Waals surface area contributed by atoms with E-state index in [-0.39, 0.29) is 17.3 Å². The fourth-order valence-electron chi connectivity index (χ4n) is 2.84. The van der Waals surface area contributed by atoms with Crippen molar-refractivity contribution in [2.24, 2.45) is 4.99 Å². The lowest BCUT2D eigenvalue weighted by molar-refractivity contribution is 0.491. The Kier molecular flexibility index (Phi) is 8.37. The molecule has 8 heteroatoms. The maximum Gasteiger partial charge on any atom is 0.241 e. The van der Waals surface area contributed by atoms with E-state index >= 15 is 0 Å². The number of halogens is 1. The molecule has 0 aliphatic carbocycles. The Hall–Kier alpha value is -2.45. The predicted octanol–water partition coefficient (Wildman–Crippen LogP) is 3.20. The molecule has 0 aromatic heterocycles. The fourth-order valence-corrected chi connectivity index (χ4v) is 4.49. The van der Waals surface area contributed by atoms with Crippen LogP contribution in [-0.2, 0) is 23.0 Å². The number of rotatable bonds is 8. The maximum atomic E-state index is 13.0. The van der Waals surface area contributed by atoms with Crippen molar-refractivity contribution in [2.75, 3.05) is 13.1 Å². The van der Waals surface area contributed by atoms with Crippen LogP contribution in [0, 0.1) is 5.82 Å². The lowest BCUT2D eigenvalue weighted by Crippen LogP contribution is -2.41. The van der Waals surface area contributed by atoms with Gasteiger partial charge in [0.15, 0.2) is 5.96 Å². The second-order valence-electron chi connectivity index (χ2n) is 7.96. The molecule has 0 fully saturated rings. The summed E-state index contributed by atoms with van der Waals surface area (Å²) >= 11 is 0. The normalized spacial score (nSPS) is 12.6. The zero-order chi connectivity index (χ0) is 22.2. The van der Waals surface area contributed by atoms with E-state index < -0.39 is 15.6 Å². The Balaban J connectivity index is 2.09. The lowest BCUT2D eigenvalue weighted by atomic mass is 10.1. The molecule has 6 nitrogen and oxygen atoms in total. The van der Waals surface area contributed by atoms with E-state index in [4.69, 9.17) is 0 Å². The largest absolute Gasteiger partial charge is 0.357 e. The topological polar surface area (TPSA) is 82.6 Å². The summed E-state index contributed by atoms with van der Waals surface area (Å²) in [4.78, 5) is 4.77. The van der Waals surface area contributed by atoms with Gasteiger partial charge < -0.3 is 10.6 Å². The molecule has 2 aromatic rings. The molecule has 3 N–H and O–H groups in total. The van der Waals surface area contributed by atoms with Gasteiger partial charge >= 0.3 is 0 Å². The SMILES string of the molecule is CCNC(=NCc1ccccc1S(=O)(=O)NC(C)(C)C)NCCc1ccc(F)cc1. The summed E-state index contributed by atoms with van der Waals surface area (Å²) in [5.74, 6) is 0.340. The van der Waals surface area contributed by atoms with Crippen LogP contribution in [0.3, 0.4) is 0 Å². The molecule has 0 atom stereocenters. The molecule has 0 spiro atoms. The van der Waals surface area contributed by atoms with Crippen LogP contribution in [0.4, 0.5) is 4.39 Å². The minimum absolute atomic E-state index is 0.215. The molecule has 30 heavy (non-hydrogen) atoms. The van der Waals surface area contributed by atoms with E-state index in [1.807, 2.05) is 6.92 Å². The molecule has 0 aliphatic heterocycles. The molecule has 0 saturated heterocycles. The van der Waals surface area contributed by atoms with Gasteiger partial charge in [-0.1, -0.05) is 30.3 Å². The van der Waals surface area contributed by atoms with Crippen molar-refractivity contribution >= 4 is 16.0 Å². The number of guanidine groups is 1. The van der Waals surface area contributed by atoms with Crippen molar-refractivity contribution in [3.05, 3.63) is 65.5 Å². The van der Waals surface area contributed by atoms with E-state index in [1.165, 1.54) is 12.1 Å². The van der Waals surface area contributed by atoms with Gasteiger partial charge in [0, 0.05) is 18.6 Å². The zero-order valence-corrected chi connectivity index (χ0v) is 18.8. The maximum absolute atomic E-state index is 13.0. The van der Waals surface area contributed by atoms with E-state index in [0.29, 0.717) is 31.0 Å². The zero-order valence-electron chi connectivity index (χ0n) is 18.0. The average Bonchev–Trinajstić information content (AvgIpc) is 2.66. The van der Waals surface area contributed by atoms with Crippen LogP contribution in [0.2, 0.25) is 0 Å². The fraction of sp³-hybridized carbons (Fsp3) is 0.409. The smallest absolute Gasteiger partial charge is 0.241 e. The number of hydrogen-bond acceptors (Lipinski definition) is 3. The Morgan fingerprint density at radius 2 is 1.70 bits per heavy atom. The summed E-state index contributed by atoms with van der Waals surface area (Å²) in [6.07, 6.45) is 0.713. The Labute approximate surface area is 179 Å². The number of aliphatic imine (C=N–C) groups is 1. The standard InChI is InChI=1S/C22H31FN4O2S/c1-5-24-21(25-15-14-17-10-12-19(23)13-11-17)26-16-18-8-6-7-9-20(18)30(28,29)27-22(2,3)4/h6-13,27H,5,14-16H2,1-4H3,(H2,24,25,26). The highest BCUT2D eigenvalue weighted by atomic mass is 32.2. The summed E-state index contributed by atoms with van der Waals surface area (Å²) < 4.78 is 41.3. The Morgan fingerprint density at radius 3 is 2.33 bits per heavy atom. The van der Waals surface area contributed by atoms with Crippen LogP contribution >= 0.6 is 0 Å². The van der Waals surface area contributed by atoms with E-state index in [0.717, 1.165) is 5.56 Å². The molecule has 0 amide bonds. The Morgan fingerprint density at radius 1 is 1.03 bits per heavy atom. The highest BCUT2D eigenvalue weighted by Gasteiger charge is 2.24. The minimum Gasteiger partial charge on any atom is -0.357 e. The average molecular weight is 435 g/mol. The summed E-state index contributed by atoms with van der Waals surface area (Å²) in [6, 6.07) is 13.3. The summed E-state index contributed by atoms with van der Waals surface area (Å²) in [5.41, 5.74) is 1.06.